The number of nitrogens with zero attached hydrogens (tertiary/aromatic N) is 2. The van der Waals surface area contributed by atoms with Crippen LogP contribution in [0, 0.1) is 0 Å². The van der Waals surface area contributed by atoms with Crippen molar-refractivity contribution in [2.24, 2.45) is 0 Å². The summed E-state index contributed by atoms with van der Waals surface area (Å²) in [6.07, 6.45) is -0.415. The minimum atomic E-state index is -1.05. The number of amides is 3. The average Bonchev–Trinajstić information content (AvgIpc) is 2.94. The summed E-state index contributed by atoms with van der Waals surface area (Å²) in [7, 11) is 0. The van der Waals surface area contributed by atoms with Crippen LogP contribution >= 0.6 is 0 Å². The molecule has 0 aliphatic carbocycles. The van der Waals surface area contributed by atoms with E-state index in [1.54, 1.807) is 0 Å². The number of rotatable bonds is 6. The molecule has 2 aliphatic heterocycles. The lowest BCUT2D eigenvalue weighted by Gasteiger charge is -2.14. The average molecular weight is 328 g/mol. The Kier molecular flexibility index (Phi) is 5.01. The Labute approximate surface area is 128 Å². The fourth-order valence-electron chi connectivity index (χ4n) is 1.80. The summed E-state index contributed by atoms with van der Waals surface area (Å²) < 4.78 is 4.69. The first-order valence-corrected chi connectivity index (χ1v) is 6.54. The number of imide groups is 1. The van der Waals surface area contributed by atoms with Crippen molar-refractivity contribution < 1.29 is 43.2 Å². The van der Waals surface area contributed by atoms with Crippen molar-refractivity contribution in [3.8, 4) is 0 Å². The highest BCUT2D eigenvalue weighted by Crippen LogP contribution is 2.12. The van der Waals surface area contributed by atoms with Gasteiger partial charge in [-0.3, -0.25) is 19.2 Å². The standard InChI is InChI=1S/C12H12N2O9/c15-7-3-10(18)13(4-7)22-11(19)5-21-6-12(20)23-14-8(16)1-2-9(14)17/h1-6H2. The maximum absolute atomic E-state index is 11.4. The summed E-state index contributed by atoms with van der Waals surface area (Å²) in [6.45, 7) is -1.72. The smallest absolute Gasteiger partial charge is 0.358 e. The topological polar surface area (TPSA) is 137 Å². The third-order valence-electron chi connectivity index (χ3n) is 2.80. The summed E-state index contributed by atoms with van der Waals surface area (Å²) in [5.74, 6) is -4.34. The lowest BCUT2D eigenvalue weighted by molar-refractivity contribution is -0.204. The molecule has 0 bridgehead atoms. The van der Waals surface area contributed by atoms with E-state index >= 15 is 0 Å². The first-order chi connectivity index (χ1) is 10.9. The van der Waals surface area contributed by atoms with Crippen molar-refractivity contribution in [3.05, 3.63) is 0 Å². The van der Waals surface area contributed by atoms with E-state index in [2.05, 4.69) is 14.4 Å². The predicted octanol–water partition coefficient (Wildman–Crippen LogP) is -2.13. The van der Waals surface area contributed by atoms with Crippen molar-refractivity contribution in [2.75, 3.05) is 19.8 Å². The van der Waals surface area contributed by atoms with Crippen LogP contribution in [-0.2, 0) is 43.2 Å². The minimum Gasteiger partial charge on any atom is -0.358 e. The third kappa shape index (κ3) is 4.32. The van der Waals surface area contributed by atoms with Gasteiger partial charge < -0.3 is 14.4 Å². The number of hydrogen-bond acceptors (Lipinski definition) is 9. The summed E-state index contributed by atoms with van der Waals surface area (Å²) in [4.78, 5) is 76.3. The molecule has 124 valence electrons. The molecule has 0 aromatic carbocycles. The lowest BCUT2D eigenvalue weighted by Crippen LogP contribution is -2.34. The van der Waals surface area contributed by atoms with Crippen LogP contribution in [0.25, 0.3) is 0 Å². The number of carbonyl (C=O) groups is 6. The maximum atomic E-state index is 11.4. The second-order valence-electron chi connectivity index (χ2n) is 4.65. The van der Waals surface area contributed by atoms with E-state index in [1.807, 2.05) is 0 Å². The zero-order valence-corrected chi connectivity index (χ0v) is 11.8. The predicted molar refractivity (Wildman–Crippen MR) is 65.4 cm³/mol. The number of hydrogen-bond donors (Lipinski definition) is 0. The Morgan fingerprint density at radius 2 is 1.43 bits per heavy atom. The fourth-order valence-corrected chi connectivity index (χ4v) is 1.80. The first kappa shape index (κ1) is 16.5. The number of Topliss-reactive ketones (excluding diaryl/α,β-unsaturated/α-hetero) is 1. The van der Waals surface area contributed by atoms with Crippen molar-refractivity contribution in [1.29, 1.82) is 0 Å². The van der Waals surface area contributed by atoms with Crippen LogP contribution in [0.1, 0.15) is 19.3 Å². The summed E-state index contributed by atoms with van der Waals surface area (Å²) in [6, 6.07) is 0. The second kappa shape index (κ2) is 6.96. The van der Waals surface area contributed by atoms with Crippen molar-refractivity contribution in [1.82, 2.24) is 10.1 Å². The Morgan fingerprint density at radius 1 is 0.870 bits per heavy atom. The number of ether oxygens (including phenoxy) is 1. The molecular formula is C12H12N2O9. The van der Waals surface area contributed by atoms with Gasteiger partial charge in [0.05, 0.1) is 6.42 Å². The molecular weight excluding hydrogens is 316 g/mol. The minimum absolute atomic E-state index is 0.0398. The maximum Gasteiger partial charge on any atom is 0.358 e. The van der Waals surface area contributed by atoms with Gasteiger partial charge in [0.25, 0.3) is 17.7 Å². The molecule has 2 fully saturated rings. The summed E-state index contributed by atoms with van der Waals surface area (Å²) in [5.41, 5.74) is 0. The van der Waals surface area contributed by atoms with Gasteiger partial charge >= 0.3 is 11.9 Å². The van der Waals surface area contributed by atoms with Crippen molar-refractivity contribution in [3.63, 3.8) is 0 Å². The van der Waals surface area contributed by atoms with E-state index in [0.29, 0.717) is 10.1 Å². The molecule has 11 heteroatoms. The number of carbonyl (C=O) groups excluding carboxylic acids is 6. The van der Waals surface area contributed by atoms with Crippen LogP contribution in [-0.4, -0.2) is 65.3 Å². The molecule has 0 N–H and O–H groups in total. The molecule has 2 aliphatic rings. The van der Waals surface area contributed by atoms with Crippen molar-refractivity contribution >= 4 is 35.4 Å². The molecule has 0 unspecified atom stereocenters. The van der Waals surface area contributed by atoms with Crippen LogP contribution in [0.4, 0.5) is 0 Å². The van der Waals surface area contributed by atoms with Gasteiger partial charge in [0.1, 0.15) is 19.8 Å². The summed E-state index contributed by atoms with van der Waals surface area (Å²) >= 11 is 0. The van der Waals surface area contributed by atoms with E-state index < -0.39 is 42.9 Å². The van der Waals surface area contributed by atoms with Crippen LogP contribution in [0.2, 0.25) is 0 Å². The van der Waals surface area contributed by atoms with Crippen LogP contribution < -0.4 is 0 Å². The molecule has 0 radical (unpaired) electrons. The van der Waals surface area contributed by atoms with Crippen LogP contribution in [0.5, 0.6) is 0 Å². The zero-order chi connectivity index (χ0) is 17.0. The van der Waals surface area contributed by atoms with E-state index in [1.165, 1.54) is 0 Å². The van der Waals surface area contributed by atoms with Gasteiger partial charge in [-0.2, -0.15) is 5.06 Å². The molecule has 0 spiro atoms. The van der Waals surface area contributed by atoms with E-state index in [4.69, 9.17) is 0 Å². The van der Waals surface area contributed by atoms with Gasteiger partial charge in [-0.25, -0.2) is 9.59 Å². The Hall–Kier alpha value is -2.82. The van der Waals surface area contributed by atoms with E-state index in [9.17, 15) is 28.8 Å². The molecule has 11 nitrogen and oxygen atoms in total. The fraction of sp³-hybridized carbons (Fsp3) is 0.500. The van der Waals surface area contributed by atoms with Crippen LogP contribution in [0.3, 0.4) is 0 Å². The third-order valence-corrected chi connectivity index (χ3v) is 2.80. The van der Waals surface area contributed by atoms with Crippen LogP contribution in [0.15, 0.2) is 0 Å². The largest absolute Gasteiger partial charge is 0.358 e. The van der Waals surface area contributed by atoms with Gasteiger partial charge in [0.2, 0.25) is 0 Å². The number of ketones is 1. The van der Waals surface area contributed by atoms with Gasteiger partial charge in [-0.1, -0.05) is 0 Å². The zero-order valence-electron chi connectivity index (χ0n) is 11.8. The number of hydroxylamine groups is 4. The lowest BCUT2D eigenvalue weighted by atomic mass is 10.3. The van der Waals surface area contributed by atoms with Gasteiger partial charge in [0.15, 0.2) is 5.78 Å². The Bertz CT molecular complexity index is 569. The molecule has 2 saturated heterocycles. The monoisotopic (exact) mass is 328 g/mol. The highest BCUT2D eigenvalue weighted by Gasteiger charge is 2.33. The van der Waals surface area contributed by atoms with E-state index in [0.717, 1.165) is 0 Å². The highest BCUT2D eigenvalue weighted by atomic mass is 16.7. The molecule has 23 heavy (non-hydrogen) atoms. The SMILES string of the molecule is O=C1CC(=O)N(OC(=O)COCC(=O)ON2C(=O)CCC2=O)C1. The quantitative estimate of drug-likeness (QED) is 0.395. The Morgan fingerprint density at radius 3 is 1.96 bits per heavy atom. The first-order valence-electron chi connectivity index (χ1n) is 6.54. The van der Waals surface area contributed by atoms with Crippen molar-refractivity contribution in [2.45, 2.75) is 19.3 Å². The molecule has 2 rings (SSSR count). The Balaban J connectivity index is 1.66. The van der Waals surface area contributed by atoms with Gasteiger partial charge in [-0.15, -0.1) is 5.06 Å². The molecule has 3 amide bonds. The molecule has 0 atom stereocenters. The normalized spacial score (nSPS) is 17.9. The molecule has 0 saturated carbocycles. The van der Waals surface area contributed by atoms with Gasteiger partial charge in [0, 0.05) is 12.8 Å². The molecule has 0 aromatic rings. The molecule has 2 heterocycles. The summed E-state index contributed by atoms with van der Waals surface area (Å²) in [5, 5.41) is 0.951. The van der Waals surface area contributed by atoms with E-state index in [-0.39, 0.29) is 31.6 Å². The highest BCUT2D eigenvalue weighted by molar-refractivity contribution is 6.05. The molecule has 0 aromatic heterocycles. The van der Waals surface area contributed by atoms with Gasteiger partial charge in [-0.05, 0) is 0 Å². The second-order valence-corrected chi connectivity index (χ2v) is 4.65.